The molecule has 36 heavy (non-hydrogen) atoms. The van der Waals surface area contributed by atoms with Crippen LogP contribution in [0.4, 0.5) is 0 Å². The summed E-state index contributed by atoms with van der Waals surface area (Å²) >= 11 is 0. The molecule has 0 bridgehead atoms. The zero-order chi connectivity index (χ0) is 25.2. The molecule has 0 spiro atoms. The summed E-state index contributed by atoms with van der Waals surface area (Å²) < 4.78 is 2.02. The van der Waals surface area contributed by atoms with Crippen molar-refractivity contribution in [3.05, 3.63) is 102 Å². The van der Waals surface area contributed by atoms with Crippen molar-refractivity contribution in [1.82, 2.24) is 14.5 Å². The molecule has 3 aromatic carbocycles. The van der Waals surface area contributed by atoms with Crippen molar-refractivity contribution in [2.24, 2.45) is 7.05 Å². The number of fused-ring (bicyclic) bond motifs is 1. The normalized spacial score (nSPS) is 10.9. The van der Waals surface area contributed by atoms with Gasteiger partial charge >= 0.3 is 0 Å². The first kappa shape index (κ1) is 27.3. The molecule has 0 aliphatic rings. The van der Waals surface area contributed by atoms with Gasteiger partial charge in [0.1, 0.15) is 11.6 Å². The number of imidazole rings is 1. The van der Waals surface area contributed by atoms with Gasteiger partial charge in [0.2, 0.25) is 0 Å². The third-order valence-corrected chi connectivity index (χ3v) is 6.08. The van der Waals surface area contributed by atoms with Crippen LogP contribution in [0.15, 0.2) is 79.0 Å². The van der Waals surface area contributed by atoms with Crippen LogP contribution < -0.4 is 0 Å². The molecule has 0 aliphatic carbocycles. The van der Waals surface area contributed by atoms with Crippen molar-refractivity contribution in [2.75, 3.05) is 0 Å². The maximum Gasteiger partial charge on any atom is 0.144 e. The van der Waals surface area contributed by atoms with Crippen molar-refractivity contribution >= 4 is 11.0 Å². The Morgan fingerprint density at radius 1 is 0.917 bits per heavy atom. The van der Waals surface area contributed by atoms with E-state index >= 15 is 0 Å². The van der Waals surface area contributed by atoms with Gasteiger partial charge in [-0.05, 0) is 65.9 Å². The third kappa shape index (κ3) is 5.92. The summed E-state index contributed by atoms with van der Waals surface area (Å²) in [5, 5.41) is 10.3. The number of aryl methyl sites for hydroxylation is 3. The number of para-hydroxylation sites is 2. The van der Waals surface area contributed by atoms with E-state index in [1.165, 1.54) is 5.56 Å². The molecule has 2 heterocycles. The van der Waals surface area contributed by atoms with Gasteiger partial charge in [-0.15, -0.1) is 35.9 Å². The second kappa shape index (κ2) is 11.2. The predicted octanol–water partition coefficient (Wildman–Crippen LogP) is 7.41. The monoisotopic (exact) mass is 655 g/mol. The number of hydrogen-bond acceptors (Lipinski definition) is 3. The van der Waals surface area contributed by atoms with Gasteiger partial charge in [-0.3, -0.25) is 0 Å². The summed E-state index contributed by atoms with van der Waals surface area (Å²) in [5.74, 6) is 1.11. The molecule has 0 amide bonds. The van der Waals surface area contributed by atoms with Gasteiger partial charge < -0.3 is 14.7 Å². The van der Waals surface area contributed by atoms with E-state index in [2.05, 4.69) is 48.9 Å². The van der Waals surface area contributed by atoms with Gasteiger partial charge in [0.05, 0.1) is 16.6 Å². The summed E-state index contributed by atoms with van der Waals surface area (Å²) in [7, 11) is 1.97. The van der Waals surface area contributed by atoms with E-state index in [0.29, 0.717) is 5.75 Å². The number of pyridine rings is 1. The van der Waals surface area contributed by atoms with Crippen molar-refractivity contribution in [2.45, 2.75) is 40.0 Å². The number of phenols is 1. The third-order valence-electron chi connectivity index (χ3n) is 6.08. The maximum absolute atomic E-state index is 10.3. The van der Waals surface area contributed by atoms with E-state index in [9.17, 15) is 5.11 Å². The Morgan fingerprint density at radius 3 is 2.31 bits per heavy atom. The molecule has 0 aliphatic heterocycles. The first-order valence-electron chi connectivity index (χ1n) is 11.8. The van der Waals surface area contributed by atoms with Crippen molar-refractivity contribution in [3.8, 4) is 28.4 Å². The molecule has 5 aromatic rings. The quantitative estimate of drug-likeness (QED) is 0.202. The summed E-state index contributed by atoms with van der Waals surface area (Å²) in [6.45, 7) is 10.6. The van der Waals surface area contributed by atoms with Gasteiger partial charge in [-0.1, -0.05) is 45.0 Å². The zero-order valence-corrected chi connectivity index (χ0v) is 24.0. The maximum atomic E-state index is 10.3. The van der Waals surface area contributed by atoms with Crippen LogP contribution in [0.2, 0.25) is 0 Å². The Morgan fingerprint density at radius 2 is 1.64 bits per heavy atom. The van der Waals surface area contributed by atoms with E-state index in [0.717, 1.165) is 44.8 Å². The number of aromatic hydroxyl groups is 1. The minimum absolute atomic E-state index is 0. The Labute approximate surface area is 227 Å². The molecule has 1 N–H and O–H groups in total. The fraction of sp³-hybridized carbons (Fsp3) is 0.226. The van der Waals surface area contributed by atoms with E-state index < -0.39 is 0 Å². The molecule has 187 valence electrons. The molecule has 5 rings (SSSR count). The minimum Gasteiger partial charge on any atom is -0.507 e. The average Bonchev–Trinajstić information content (AvgIpc) is 3.18. The molecule has 0 fully saturated rings. The molecule has 0 saturated carbocycles. The minimum atomic E-state index is 0. The van der Waals surface area contributed by atoms with Crippen LogP contribution in [0.25, 0.3) is 33.7 Å². The second-order valence-corrected chi connectivity index (χ2v) is 9.92. The molecule has 4 nitrogen and oxygen atoms in total. The average molecular weight is 655 g/mol. The van der Waals surface area contributed by atoms with Gasteiger partial charge in [-0.2, -0.15) is 0 Å². The van der Waals surface area contributed by atoms with Gasteiger partial charge in [-0.25, -0.2) is 4.98 Å². The van der Waals surface area contributed by atoms with Crippen LogP contribution in [0, 0.1) is 19.9 Å². The molecule has 0 saturated heterocycles. The predicted molar refractivity (Wildman–Crippen MR) is 144 cm³/mol. The Balaban J connectivity index is 0.000000198. The van der Waals surface area contributed by atoms with Crippen LogP contribution in [0.5, 0.6) is 5.75 Å². The van der Waals surface area contributed by atoms with Crippen LogP contribution >= 0.6 is 0 Å². The van der Waals surface area contributed by atoms with Gasteiger partial charge in [0.15, 0.2) is 0 Å². The number of nitrogens with zero attached hydrogens (tertiary/aromatic N) is 3. The van der Waals surface area contributed by atoms with Crippen LogP contribution in [-0.2, 0) is 32.6 Å². The van der Waals surface area contributed by atoms with Crippen molar-refractivity contribution in [1.29, 1.82) is 0 Å². The fourth-order valence-electron chi connectivity index (χ4n) is 4.11. The van der Waals surface area contributed by atoms with Gasteiger partial charge in [0.25, 0.3) is 0 Å². The molecule has 0 unspecified atom stereocenters. The first-order valence-corrected chi connectivity index (χ1v) is 11.8. The number of phenolic OH excluding ortho intramolecular Hbond substituents is 1. The first-order chi connectivity index (χ1) is 16.6. The van der Waals surface area contributed by atoms with Gasteiger partial charge in [0, 0.05) is 33.3 Å². The molecular weight excluding hydrogens is 623 g/mol. The summed E-state index contributed by atoms with van der Waals surface area (Å²) in [4.78, 5) is 9.02. The summed E-state index contributed by atoms with van der Waals surface area (Å²) in [6, 6.07) is 27.3. The SMILES string of the molecule is CC(C)(C)c1ccnc(-c2[c-]cccc2)c1.Cc1cc(C)c(O)c(-c2nc3ccccc3n2C)c1.[Ir]. The topological polar surface area (TPSA) is 50.9 Å². The Bertz CT molecular complexity index is 1470. The molecular formula is C31H32IrN3O-. The number of rotatable bonds is 2. The fourth-order valence-corrected chi connectivity index (χ4v) is 4.11. The van der Waals surface area contributed by atoms with E-state index in [4.69, 9.17) is 0 Å². The number of hydrogen-bond donors (Lipinski definition) is 1. The second-order valence-electron chi connectivity index (χ2n) is 9.92. The largest absolute Gasteiger partial charge is 0.507 e. The zero-order valence-electron chi connectivity index (χ0n) is 21.6. The van der Waals surface area contributed by atoms with Crippen LogP contribution in [0.3, 0.4) is 0 Å². The molecule has 1 radical (unpaired) electrons. The summed E-state index contributed by atoms with van der Waals surface area (Å²) in [6.07, 6.45) is 1.87. The van der Waals surface area contributed by atoms with E-state index in [1.807, 2.05) is 92.3 Å². The van der Waals surface area contributed by atoms with E-state index in [-0.39, 0.29) is 25.5 Å². The Hall–Kier alpha value is -3.27. The van der Waals surface area contributed by atoms with Crippen LogP contribution in [-0.4, -0.2) is 19.6 Å². The smallest absolute Gasteiger partial charge is 0.144 e. The standard InChI is InChI=1S/C16H16N2O.C15H16N.Ir/c1-10-8-11(2)15(19)12(9-10)16-17-13-6-4-5-7-14(13)18(16)3;1-15(2,3)13-9-10-16-14(11-13)12-7-5-4-6-8-12;/h4-9,19H,1-3H3;4-7,9-11H,1-3H3;/q;-1;. The van der Waals surface area contributed by atoms with Crippen molar-refractivity contribution < 1.29 is 25.2 Å². The summed E-state index contributed by atoms with van der Waals surface area (Å²) in [5.41, 5.74) is 8.30. The van der Waals surface area contributed by atoms with E-state index in [1.54, 1.807) is 0 Å². The Kier molecular flexibility index (Phi) is 8.50. The van der Waals surface area contributed by atoms with Crippen molar-refractivity contribution in [3.63, 3.8) is 0 Å². The molecule has 5 heteroatoms. The molecule has 0 atom stereocenters. The number of benzene rings is 3. The molecule has 2 aromatic heterocycles. The number of aromatic nitrogens is 3. The van der Waals surface area contributed by atoms with Crippen LogP contribution in [0.1, 0.15) is 37.5 Å².